The fourth-order valence-corrected chi connectivity index (χ4v) is 4.96. The standard InChI is InChI=1S/C20H22BrClN2O5S/c1-14(15-2-4-16(21)5-3-15)23-20(25)13-29-19-7-6-17(12-18(19)22)30(26,27)24-8-10-28-11-9-24/h2-7,12,14H,8-11,13H2,1H3,(H,23,25). The average molecular weight is 518 g/mol. The molecule has 10 heteroatoms. The van der Waals surface area contributed by atoms with Crippen molar-refractivity contribution in [2.24, 2.45) is 0 Å². The van der Waals surface area contributed by atoms with Crippen molar-refractivity contribution in [3.8, 4) is 5.75 Å². The molecule has 1 atom stereocenters. The summed E-state index contributed by atoms with van der Waals surface area (Å²) in [4.78, 5) is 12.3. The molecule has 0 bridgehead atoms. The van der Waals surface area contributed by atoms with Crippen LogP contribution in [0.1, 0.15) is 18.5 Å². The molecular weight excluding hydrogens is 496 g/mol. The Morgan fingerprint density at radius 1 is 1.23 bits per heavy atom. The summed E-state index contributed by atoms with van der Waals surface area (Å²) in [6, 6.07) is 11.7. The van der Waals surface area contributed by atoms with E-state index in [9.17, 15) is 13.2 Å². The Morgan fingerprint density at radius 2 is 1.90 bits per heavy atom. The van der Waals surface area contributed by atoms with Crippen LogP contribution in [0.3, 0.4) is 0 Å². The van der Waals surface area contributed by atoms with Crippen molar-refractivity contribution in [2.75, 3.05) is 32.9 Å². The van der Waals surface area contributed by atoms with Gasteiger partial charge in [0, 0.05) is 17.6 Å². The maximum absolute atomic E-state index is 12.7. The fraction of sp³-hybridized carbons (Fsp3) is 0.350. The van der Waals surface area contributed by atoms with E-state index in [0.29, 0.717) is 26.3 Å². The van der Waals surface area contributed by atoms with Gasteiger partial charge in [-0.3, -0.25) is 4.79 Å². The highest BCUT2D eigenvalue weighted by Crippen LogP contribution is 2.29. The number of hydrogen-bond donors (Lipinski definition) is 1. The van der Waals surface area contributed by atoms with Crippen LogP contribution in [-0.4, -0.2) is 51.5 Å². The van der Waals surface area contributed by atoms with Gasteiger partial charge in [0.2, 0.25) is 10.0 Å². The molecule has 1 saturated heterocycles. The average Bonchev–Trinajstić information content (AvgIpc) is 2.73. The molecule has 1 aliphatic rings. The van der Waals surface area contributed by atoms with Gasteiger partial charge in [0.05, 0.1) is 29.2 Å². The van der Waals surface area contributed by atoms with Gasteiger partial charge in [-0.05, 0) is 42.8 Å². The molecule has 162 valence electrons. The highest BCUT2D eigenvalue weighted by molar-refractivity contribution is 9.10. The molecule has 1 unspecified atom stereocenters. The number of nitrogens with zero attached hydrogens (tertiary/aromatic N) is 1. The van der Waals surface area contributed by atoms with Crippen LogP contribution in [0.4, 0.5) is 0 Å². The summed E-state index contributed by atoms with van der Waals surface area (Å²) in [6.45, 7) is 2.96. The molecule has 3 rings (SSSR count). The van der Waals surface area contributed by atoms with E-state index in [1.54, 1.807) is 0 Å². The van der Waals surface area contributed by atoms with Gasteiger partial charge in [-0.25, -0.2) is 8.42 Å². The molecule has 0 saturated carbocycles. The molecule has 0 spiro atoms. The number of carbonyl (C=O) groups is 1. The molecule has 2 aromatic carbocycles. The van der Waals surface area contributed by atoms with E-state index in [-0.39, 0.29) is 34.2 Å². The monoisotopic (exact) mass is 516 g/mol. The lowest BCUT2D eigenvalue weighted by atomic mass is 10.1. The second-order valence-corrected chi connectivity index (χ2v) is 10.00. The Kier molecular flexibility index (Phi) is 7.75. The number of ether oxygens (including phenoxy) is 2. The van der Waals surface area contributed by atoms with Gasteiger partial charge in [0.1, 0.15) is 5.75 Å². The maximum Gasteiger partial charge on any atom is 0.258 e. The van der Waals surface area contributed by atoms with Crippen molar-refractivity contribution in [1.29, 1.82) is 0 Å². The van der Waals surface area contributed by atoms with E-state index in [4.69, 9.17) is 21.1 Å². The Balaban J connectivity index is 1.59. The van der Waals surface area contributed by atoms with Gasteiger partial charge in [-0.1, -0.05) is 39.7 Å². The predicted octanol–water partition coefficient (Wildman–Crippen LogP) is 3.38. The SMILES string of the molecule is CC(NC(=O)COc1ccc(S(=O)(=O)N2CCOCC2)cc1Cl)c1ccc(Br)cc1. The van der Waals surface area contributed by atoms with E-state index in [0.717, 1.165) is 10.0 Å². The summed E-state index contributed by atoms with van der Waals surface area (Å²) < 4.78 is 38.4. The molecule has 1 N–H and O–H groups in total. The van der Waals surface area contributed by atoms with Crippen LogP contribution in [-0.2, 0) is 19.6 Å². The van der Waals surface area contributed by atoms with Crippen molar-refractivity contribution in [3.63, 3.8) is 0 Å². The predicted molar refractivity (Wildman–Crippen MR) is 117 cm³/mol. The number of morpholine rings is 1. The molecule has 2 aromatic rings. The van der Waals surface area contributed by atoms with Gasteiger partial charge >= 0.3 is 0 Å². The molecule has 1 amide bonds. The number of rotatable bonds is 7. The van der Waals surface area contributed by atoms with Crippen LogP contribution >= 0.6 is 27.5 Å². The van der Waals surface area contributed by atoms with Crippen LogP contribution in [0.15, 0.2) is 51.8 Å². The molecule has 30 heavy (non-hydrogen) atoms. The molecule has 0 radical (unpaired) electrons. The number of nitrogens with one attached hydrogen (secondary N) is 1. The Morgan fingerprint density at radius 3 is 2.53 bits per heavy atom. The summed E-state index contributed by atoms with van der Waals surface area (Å²) in [5.74, 6) is -0.0736. The summed E-state index contributed by atoms with van der Waals surface area (Å²) >= 11 is 9.58. The molecule has 1 fully saturated rings. The lowest BCUT2D eigenvalue weighted by Crippen LogP contribution is -2.40. The molecule has 0 aliphatic carbocycles. The van der Waals surface area contributed by atoms with E-state index < -0.39 is 10.0 Å². The number of hydrogen-bond acceptors (Lipinski definition) is 5. The molecule has 0 aromatic heterocycles. The normalized spacial score (nSPS) is 16.1. The Hall–Kier alpha value is -1.65. The van der Waals surface area contributed by atoms with Gasteiger partial charge in [0.25, 0.3) is 5.91 Å². The number of amides is 1. The summed E-state index contributed by atoms with van der Waals surface area (Å²) in [5, 5.41) is 2.97. The third-order valence-corrected chi connectivity index (χ3v) is 7.34. The van der Waals surface area contributed by atoms with Crippen LogP contribution < -0.4 is 10.1 Å². The van der Waals surface area contributed by atoms with Crippen molar-refractivity contribution >= 4 is 43.5 Å². The van der Waals surface area contributed by atoms with Crippen LogP contribution in [0.5, 0.6) is 5.75 Å². The largest absolute Gasteiger partial charge is 0.482 e. The number of halogens is 2. The second kappa shape index (κ2) is 10.1. The maximum atomic E-state index is 12.7. The van der Waals surface area contributed by atoms with Crippen LogP contribution in [0.2, 0.25) is 5.02 Å². The first-order valence-corrected chi connectivity index (χ1v) is 11.9. The summed E-state index contributed by atoms with van der Waals surface area (Å²) in [7, 11) is -3.65. The fourth-order valence-electron chi connectivity index (χ4n) is 2.96. The van der Waals surface area contributed by atoms with Gasteiger partial charge in [0.15, 0.2) is 6.61 Å². The molecule has 1 aliphatic heterocycles. The minimum atomic E-state index is -3.65. The molecular formula is C20H22BrClN2O5S. The van der Waals surface area contributed by atoms with E-state index in [1.807, 2.05) is 31.2 Å². The quantitative estimate of drug-likeness (QED) is 0.609. The molecule has 7 nitrogen and oxygen atoms in total. The highest BCUT2D eigenvalue weighted by atomic mass is 79.9. The third kappa shape index (κ3) is 5.73. The zero-order valence-corrected chi connectivity index (χ0v) is 19.5. The van der Waals surface area contributed by atoms with Crippen LogP contribution in [0, 0.1) is 0 Å². The Labute approximate surface area is 189 Å². The summed E-state index contributed by atoms with van der Waals surface area (Å²) in [5.41, 5.74) is 0.960. The topological polar surface area (TPSA) is 84.9 Å². The van der Waals surface area contributed by atoms with Crippen molar-refractivity contribution < 1.29 is 22.7 Å². The lowest BCUT2D eigenvalue weighted by Gasteiger charge is -2.26. The minimum absolute atomic E-state index is 0.0788. The van der Waals surface area contributed by atoms with Crippen LogP contribution in [0.25, 0.3) is 0 Å². The first-order valence-electron chi connectivity index (χ1n) is 9.32. The molecule has 1 heterocycles. The van der Waals surface area contributed by atoms with Gasteiger partial charge in [-0.2, -0.15) is 4.31 Å². The van der Waals surface area contributed by atoms with Crippen molar-refractivity contribution in [2.45, 2.75) is 17.9 Å². The smallest absolute Gasteiger partial charge is 0.258 e. The zero-order valence-electron chi connectivity index (χ0n) is 16.3. The zero-order chi connectivity index (χ0) is 21.7. The van der Waals surface area contributed by atoms with E-state index in [1.165, 1.54) is 22.5 Å². The van der Waals surface area contributed by atoms with Gasteiger partial charge < -0.3 is 14.8 Å². The number of sulfonamides is 1. The first-order chi connectivity index (χ1) is 14.3. The minimum Gasteiger partial charge on any atom is -0.482 e. The van der Waals surface area contributed by atoms with E-state index in [2.05, 4.69) is 21.2 Å². The van der Waals surface area contributed by atoms with Crippen molar-refractivity contribution in [3.05, 3.63) is 57.5 Å². The third-order valence-electron chi connectivity index (χ3n) is 4.62. The summed E-state index contributed by atoms with van der Waals surface area (Å²) in [6.07, 6.45) is 0. The number of benzene rings is 2. The highest BCUT2D eigenvalue weighted by Gasteiger charge is 2.27. The van der Waals surface area contributed by atoms with Gasteiger partial charge in [-0.15, -0.1) is 0 Å². The van der Waals surface area contributed by atoms with E-state index >= 15 is 0 Å². The Bertz CT molecular complexity index is 995. The number of carbonyl (C=O) groups excluding carboxylic acids is 1. The lowest BCUT2D eigenvalue weighted by molar-refractivity contribution is -0.123. The van der Waals surface area contributed by atoms with Crippen molar-refractivity contribution in [1.82, 2.24) is 9.62 Å². The first kappa shape index (κ1) is 23.0. The second-order valence-electron chi connectivity index (χ2n) is 6.74.